The van der Waals surface area contributed by atoms with Gasteiger partial charge in [-0.05, 0) is 36.2 Å². The summed E-state index contributed by atoms with van der Waals surface area (Å²) in [6.45, 7) is -0.421. The SMILES string of the molecule is COc1ccc(C(=O)N[C@]2(C(F)(F)F)NC(=O)N(CCc3ccc(F)cc3)C2=O)c(OC)c1. The van der Waals surface area contributed by atoms with E-state index in [0.29, 0.717) is 10.5 Å². The van der Waals surface area contributed by atoms with Crippen LogP contribution in [0, 0.1) is 5.82 Å². The third-order valence-electron chi connectivity index (χ3n) is 5.02. The Morgan fingerprint density at radius 3 is 2.33 bits per heavy atom. The van der Waals surface area contributed by atoms with Crippen molar-refractivity contribution >= 4 is 17.8 Å². The molecule has 2 aromatic carbocycles. The van der Waals surface area contributed by atoms with Gasteiger partial charge < -0.3 is 14.8 Å². The number of methoxy groups -OCH3 is 2. The number of amides is 4. The molecule has 33 heavy (non-hydrogen) atoms. The zero-order chi connectivity index (χ0) is 24.4. The summed E-state index contributed by atoms with van der Waals surface area (Å²) in [6.07, 6.45) is -5.38. The molecule has 2 N–H and O–H groups in total. The van der Waals surface area contributed by atoms with Crippen molar-refractivity contribution in [2.45, 2.75) is 18.3 Å². The highest BCUT2D eigenvalue weighted by Crippen LogP contribution is 2.35. The molecule has 1 heterocycles. The molecule has 1 saturated heterocycles. The van der Waals surface area contributed by atoms with Crippen LogP contribution in [0.2, 0.25) is 0 Å². The lowest BCUT2D eigenvalue weighted by molar-refractivity contribution is -0.200. The van der Waals surface area contributed by atoms with E-state index in [2.05, 4.69) is 0 Å². The largest absolute Gasteiger partial charge is 0.497 e. The molecule has 1 aliphatic rings. The number of nitrogens with zero attached hydrogens (tertiary/aromatic N) is 1. The zero-order valence-corrected chi connectivity index (χ0v) is 17.5. The first-order chi connectivity index (χ1) is 15.5. The highest BCUT2D eigenvalue weighted by atomic mass is 19.4. The van der Waals surface area contributed by atoms with Gasteiger partial charge in [-0.3, -0.25) is 19.8 Å². The first-order valence-electron chi connectivity index (χ1n) is 9.52. The number of ether oxygens (including phenoxy) is 2. The Bertz CT molecular complexity index is 1070. The highest BCUT2D eigenvalue weighted by molar-refractivity contribution is 6.10. The summed E-state index contributed by atoms with van der Waals surface area (Å²) >= 11 is 0. The fourth-order valence-electron chi connectivity index (χ4n) is 3.24. The lowest BCUT2D eigenvalue weighted by atomic mass is 10.1. The van der Waals surface area contributed by atoms with Gasteiger partial charge >= 0.3 is 12.2 Å². The molecule has 4 amide bonds. The van der Waals surface area contributed by atoms with Crippen LogP contribution in [-0.4, -0.2) is 55.3 Å². The van der Waals surface area contributed by atoms with Crippen LogP contribution in [0.5, 0.6) is 11.5 Å². The Morgan fingerprint density at radius 1 is 1.09 bits per heavy atom. The number of carbonyl (C=O) groups excluding carboxylic acids is 3. The number of benzene rings is 2. The summed E-state index contributed by atoms with van der Waals surface area (Å²) < 4.78 is 65.1. The minimum atomic E-state index is -5.36. The molecular formula is C21H19F4N3O5. The van der Waals surface area contributed by atoms with E-state index >= 15 is 0 Å². The number of hydrogen-bond acceptors (Lipinski definition) is 5. The summed E-state index contributed by atoms with van der Waals surface area (Å²) in [6, 6.07) is 7.46. The van der Waals surface area contributed by atoms with Gasteiger partial charge in [0.2, 0.25) is 0 Å². The van der Waals surface area contributed by atoms with Crippen LogP contribution in [0.3, 0.4) is 0 Å². The number of alkyl halides is 3. The predicted octanol–water partition coefficient (Wildman–Crippen LogP) is 2.63. The lowest BCUT2D eigenvalue weighted by Crippen LogP contribution is -2.69. The second-order valence-electron chi connectivity index (χ2n) is 7.03. The van der Waals surface area contributed by atoms with Gasteiger partial charge in [0.1, 0.15) is 17.3 Å². The Morgan fingerprint density at radius 2 is 1.76 bits per heavy atom. The molecule has 3 rings (SSSR count). The minimum Gasteiger partial charge on any atom is -0.497 e. The van der Waals surface area contributed by atoms with Crippen LogP contribution in [0.25, 0.3) is 0 Å². The van der Waals surface area contributed by atoms with Crippen molar-refractivity contribution in [3.63, 3.8) is 0 Å². The van der Waals surface area contributed by atoms with Crippen molar-refractivity contribution in [1.29, 1.82) is 0 Å². The van der Waals surface area contributed by atoms with Gasteiger partial charge in [0.15, 0.2) is 0 Å². The predicted molar refractivity (Wildman–Crippen MR) is 106 cm³/mol. The van der Waals surface area contributed by atoms with Crippen molar-refractivity contribution in [1.82, 2.24) is 15.5 Å². The van der Waals surface area contributed by atoms with Gasteiger partial charge in [-0.2, -0.15) is 13.2 Å². The number of halogens is 4. The summed E-state index contributed by atoms with van der Waals surface area (Å²) in [5, 5.41) is 3.19. The number of imide groups is 1. The van der Waals surface area contributed by atoms with Crippen molar-refractivity contribution in [3.05, 3.63) is 59.4 Å². The molecule has 1 aliphatic heterocycles. The van der Waals surface area contributed by atoms with Gasteiger partial charge in [0.25, 0.3) is 17.5 Å². The molecule has 12 heteroatoms. The number of rotatable bonds is 7. The van der Waals surface area contributed by atoms with Gasteiger partial charge in [-0.15, -0.1) is 0 Å². The Balaban J connectivity index is 1.87. The van der Waals surface area contributed by atoms with Crippen LogP contribution < -0.4 is 20.1 Å². The molecule has 0 spiro atoms. The van der Waals surface area contributed by atoms with Crippen molar-refractivity contribution in [2.24, 2.45) is 0 Å². The third-order valence-corrected chi connectivity index (χ3v) is 5.02. The topological polar surface area (TPSA) is 97.0 Å². The molecule has 0 aromatic heterocycles. The van der Waals surface area contributed by atoms with E-state index in [9.17, 15) is 31.9 Å². The van der Waals surface area contributed by atoms with Crippen LogP contribution in [0.4, 0.5) is 22.4 Å². The molecule has 0 saturated carbocycles. The number of nitrogens with one attached hydrogen (secondary N) is 2. The average Bonchev–Trinajstić information content (AvgIpc) is 3.02. The Kier molecular flexibility index (Phi) is 6.47. The Labute approximate surface area is 185 Å². The fraction of sp³-hybridized carbons (Fsp3) is 0.286. The normalized spacial score (nSPS) is 18.2. The summed E-state index contributed by atoms with van der Waals surface area (Å²) in [5.41, 5.74) is -3.49. The molecular weight excluding hydrogens is 450 g/mol. The summed E-state index contributed by atoms with van der Waals surface area (Å²) in [5.74, 6) is -3.33. The second kappa shape index (κ2) is 8.96. The van der Waals surface area contributed by atoms with E-state index in [1.54, 1.807) is 10.6 Å². The molecule has 1 fully saturated rings. The molecule has 0 radical (unpaired) electrons. The maximum Gasteiger partial charge on any atom is 0.440 e. The van der Waals surface area contributed by atoms with Crippen molar-refractivity contribution in [3.8, 4) is 11.5 Å². The van der Waals surface area contributed by atoms with E-state index < -0.39 is 42.0 Å². The first-order valence-corrected chi connectivity index (χ1v) is 9.52. The van der Waals surface area contributed by atoms with E-state index in [-0.39, 0.29) is 23.5 Å². The fourth-order valence-corrected chi connectivity index (χ4v) is 3.24. The molecule has 8 nitrogen and oxygen atoms in total. The monoisotopic (exact) mass is 469 g/mol. The molecule has 176 valence electrons. The smallest absolute Gasteiger partial charge is 0.440 e. The molecule has 0 unspecified atom stereocenters. The van der Waals surface area contributed by atoms with E-state index in [4.69, 9.17) is 9.47 Å². The maximum atomic E-state index is 14.0. The molecule has 2 aromatic rings. The quantitative estimate of drug-likeness (QED) is 0.480. The number of urea groups is 1. The lowest BCUT2D eigenvalue weighted by Gasteiger charge is -2.30. The van der Waals surface area contributed by atoms with Gasteiger partial charge in [0.05, 0.1) is 19.8 Å². The third kappa shape index (κ3) is 4.54. The summed E-state index contributed by atoms with van der Waals surface area (Å²) in [7, 11) is 2.55. The first kappa shape index (κ1) is 23.8. The van der Waals surface area contributed by atoms with E-state index in [0.717, 1.165) is 18.2 Å². The molecule has 0 bridgehead atoms. The maximum absolute atomic E-state index is 14.0. The summed E-state index contributed by atoms with van der Waals surface area (Å²) in [4.78, 5) is 38.1. The number of carbonyl (C=O) groups is 3. The minimum absolute atomic E-state index is 0.0202. The Hall–Kier alpha value is -3.83. The van der Waals surface area contributed by atoms with Crippen LogP contribution in [0.15, 0.2) is 42.5 Å². The van der Waals surface area contributed by atoms with Crippen LogP contribution in [0.1, 0.15) is 15.9 Å². The van der Waals surface area contributed by atoms with Crippen LogP contribution >= 0.6 is 0 Å². The standard InChI is InChI=1S/C21H19F4N3O5/c1-32-14-7-8-15(16(11-14)33-2)17(29)26-20(21(23,24)25)18(30)28(19(31)27-20)10-9-12-3-5-13(22)6-4-12/h3-8,11H,9-10H2,1-2H3,(H,26,29)(H,27,31)/t20-/m0/s1. The number of hydrogen-bond donors (Lipinski definition) is 2. The highest BCUT2D eigenvalue weighted by Gasteiger charge is 2.68. The average molecular weight is 469 g/mol. The van der Waals surface area contributed by atoms with Gasteiger partial charge in [-0.25, -0.2) is 9.18 Å². The van der Waals surface area contributed by atoms with E-state index in [1.807, 2.05) is 0 Å². The molecule has 1 atom stereocenters. The van der Waals surface area contributed by atoms with Gasteiger partial charge in [-0.1, -0.05) is 12.1 Å². The van der Waals surface area contributed by atoms with Crippen molar-refractivity contribution < 1.29 is 41.4 Å². The van der Waals surface area contributed by atoms with E-state index in [1.165, 1.54) is 38.5 Å². The second-order valence-corrected chi connectivity index (χ2v) is 7.03. The van der Waals surface area contributed by atoms with Crippen LogP contribution in [-0.2, 0) is 11.2 Å². The zero-order valence-electron chi connectivity index (χ0n) is 17.5. The molecule has 0 aliphatic carbocycles. The van der Waals surface area contributed by atoms with Crippen molar-refractivity contribution in [2.75, 3.05) is 20.8 Å². The van der Waals surface area contributed by atoms with Gasteiger partial charge in [0, 0.05) is 12.6 Å².